The first-order valence-corrected chi connectivity index (χ1v) is 16.4. The van der Waals surface area contributed by atoms with Gasteiger partial charge >= 0.3 is 257 Å². The van der Waals surface area contributed by atoms with Crippen LogP contribution < -0.4 is 12.4 Å². The van der Waals surface area contributed by atoms with Gasteiger partial charge in [-0.3, -0.25) is 0 Å². The van der Waals surface area contributed by atoms with Gasteiger partial charge in [0.25, 0.3) is 0 Å². The van der Waals surface area contributed by atoms with Gasteiger partial charge in [0.15, 0.2) is 0 Å². The van der Waals surface area contributed by atoms with Gasteiger partial charge in [0.1, 0.15) is 0 Å². The van der Waals surface area contributed by atoms with Crippen molar-refractivity contribution in [2.45, 2.75) is 143 Å². The summed E-state index contributed by atoms with van der Waals surface area (Å²) in [5, 5.41) is 23.0. The maximum absolute atomic E-state index is 11.5. The molecule has 4 rings (SSSR count). The molecule has 42 heavy (non-hydrogen) atoms. The molecule has 1 saturated carbocycles. The Hall–Kier alpha value is -1.81. The van der Waals surface area contributed by atoms with Gasteiger partial charge < -0.3 is 12.4 Å². The van der Waals surface area contributed by atoms with Crippen LogP contribution in [0.5, 0.6) is 11.5 Å². The minimum atomic E-state index is -0.158. The van der Waals surface area contributed by atoms with E-state index in [0.29, 0.717) is 39.0 Å². The fourth-order valence-electron chi connectivity index (χ4n) is 5.90. The molecule has 1 saturated heterocycles. The standard InChI is InChI=1S/C36H54N2O2.ClH.Mn/c1-33(2,3)25-17-23(31(39)27(19-25)35(7,8)9)21-37-29-15-13-14-16-30(29)38-22-24-18-26(34(4,5)6)20-28(32(24)40)36(10,11)12;;/h17-22,29-30,39-40H,13-16H2,1-12H3;1H;/q;;+2/p-1/t29-,30-;;/m0../s1. The van der Waals surface area contributed by atoms with Gasteiger partial charge in [-0.15, -0.1) is 0 Å². The van der Waals surface area contributed by atoms with E-state index in [1.807, 2.05) is 0 Å². The predicted molar refractivity (Wildman–Crippen MR) is 168 cm³/mol. The van der Waals surface area contributed by atoms with Crippen LogP contribution in [-0.4, -0.2) is 41.9 Å². The number of hydrogen-bond acceptors (Lipinski definition) is 2. The molecule has 0 amide bonds. The molecule has 2 N–H and O–H groups in total. The number of aromatic hydroxyl groups is 2. The average Bonchev–Trinajstić information content (AvgIpc) is 3.15. The number of hydrogen-bond donors (Lipinski definition) is 2. The first-order chi connectivity index (χ1) is 18.7. The van der Waals surface area contributed by atoms with Crippen LogP contribution in [0.15, 0.2) is 24.3 Å². The van der Waals surface area contributed by atoms with Crippen LogP contribution >= 0.6 is 0 Å². The number of phenolic OH excluding ortho intramolecular Hbond substituents is 2. The van der Waals surface area contributed by atoms with E-state index in [1.54, 1.807) is 0 Å². The molecular weight excluding hydrogens is 583 g/mol. The summed E-state index contributed by atoms with van der Waals surface area (Å²) in [7, 11) is 0. The zero-order valence-corrected chi connectivity index (χ0v) is 29.9. The molecule has 0 spiro atoms. The molecule has 0 bridgehead atoms. The zero-order valence-electron chi connectivity index (χ0n) is 28.0. The molecule has 2 atom stereocenters. The van der Waals surface area contributed by atoms with Gasteiger partial charge in [-0.2, -0.15) is 0 Å². The van der Waals surface area contributed by atoms with Crippen molar-refractivity contribution in [3.63, 3.8) is 0 Å². The monoisotopic (exact) mass is 636 g/mol. The average molecular weight is 637 g/mol. The van der Waals surface area contributed by atoms with Gasteiger partial charge in [0.05, 0.1) is 0 Å². The number of phenols is 2. The van der Waals surface area contributed by atoms with E-state index in [-0.39, 0.29) is 34.1 Å². The largest absolute Gasteiger partial charge is 1.00 e. The van der Waals surface area contributed by atoms with Crippen LogP contribution in [0.4, 0.5) is 0 Å². The second-order valence-corrected chi connectivity index (χ2v) is 17.8. The topological polar surface area (TPSA) is 46.5 Å². The summed E-state index contributed by atoms with van der Waals surface area (Å²) in [4.78, 5) is 0. The molecule has 0 unspecified atom stereocenters. The Morgan fingerprint density at radius 1 is 0.595 bits per heavy atom. The minimum Gasteiger partial charge on any atom is -1.00 e. The molecule has 2 aromatic carbocycles. The van der Waals surface area contributed by atoms with Crippen LogP contribution in [0.1, 0.15) is 142 Å². The molecule has 0 radical (unpaired) electrons. The summed E-state index contributed by atoms with van der Waals surface area (Å²) in [6.45, 7) is 26.5. The van der Waals surface area contributed by atoms with Crippen molar-refractivity contribution in [2.75, 3.05) is 0 Å². The van der Waals surface area contributed by atoms with Gasteiger partial charge in [-0.1, -0.05) is 0 Å². The normalized spacial score (nSPS) is 21.9. The fraction of sp³-hybridized carbons (Fsp3) is 0.611. The van der Waals surface area contributed by atoms with E-state index in [9.17, 15) is 10.2 Å². The first-order valence-electron chi connectivity index (χ1n) is 15.4. The number of nitrogens with zero attached hydrogens (tertiary/aromatic N) is 2. The number of halogens is 1. The zero-order chi connectivity index (χ0) is 30.7. The summed E-state index contributed by atoms with van der Waals surface area (Å²) in [6.07, 6.45) is 9.19. The Bertz CT molecular complexity index is 1280. The smallest absolute Gasteiger partial charge is 1.00 e. The number of rotatable bonds is 2. The Labute approximate surface area is 268 Å². The third-order valence-electron chi connectivity index (χ3n) is 8.65. The van der Waals surface area contributed by atoms with Crippen molar-refractivity contribution in [2.24, 2.45) is 0 Å². The number of benzene rings is 2. The van der Waals surface area contributed by atoms with Crippen molar-refractivity contribution < 1.29 is 45.2 Å². The van der Waals surface area contributed by atoms with Gasteiger partial charge in [0, 0.05) is 0 Å². The van der Waals surface area contributed by atoms with Crippen LogP contribution in [0, 0.1) is 0 Å². The summed E-state index contributed by atoms with van der Waals surface area (Å²) < 4.78 is 4.96. The van der Waals surface area contributed by atoms with Gasteiger partial charge in [-0.05, 0) is 0 Å². The van der Waals surface area contributed by atoms with Crippen molar-refractivity contribution in [1.82, 2.24) is 0 Å². The van der Waals surface area contributed by atoms with E-state index in [1.165, 1.54) is 24.0 Å². The van der Waals surface area contributed by atoms with E-state index >= 15 is 0 Å². The molecule has 233 valence electrons. The second kappa shape index (κ2) is 11.9. The molecule has 1 heterocycles. The first kappa shape index (κ1) is 34.7. The van der Waals surface area contributed by atoms with E-state index in [4.69, 9.17) is 0 Å². The summed E-state index contributed by atoms with van der Waals surface area (Å²) in [6, 6.07) is 9.56. The van der Waals surface area contributed by atoms with Gasteiger partial charge in [0.2, 0.25) is 0 Å². The Balaban J connectivity index is 0.00000484. The number of fused-ring (bicyclic) bond motifs is 1. The third-order valence-corrected chi connectivity index (χ3v) is 10.3. The molecule has 6 heteroatoms. The van der Waals surface area contributed by atoms with Crippen molar-refractivity contribution >= 4 is 12.4 Å². The molecular formula is C36H54ClMnN2O2+. The molecule has 4 nitrogen and oxygen atoms in total. The van der Waals surface area contributed by atoms with E-state index in [0.717, 1.165) is 35.1 Å². The Morgan fingerprint density at radius 3 is 1.21 bits per heavy atom. The SMILES string of the molecule is CC(C)(C)c1cc(C=[N+]2[Mn][N+](=Cc3cc(C(C)(C)C)cc(C(C)(C)C)c3O)[C@H]3CCCC[C@@H]32)c(O)c(C(C)(C)C)c1.[Cl-]. The van der Waals surface area contributed by atoms with Crippen LogP contribution in [0.3, 0.4) is 0 Å². The van der Waals surface area contributed by atoms with Crippen molar-refractivity contribution in [3.8, 4) is 11.5 Å². The van der Waals surface area contributed by atoms with Gasteiger partial charge in [-0.25, -0.2) is 0 Å². The summed E-state index contributed by atoms with van der Waals surface area (Å²) in [5.74, 6) is 0.798. The van der Waals surface area contributed by atoms with Crippen LogP contribution in [0.25, 0.3) is 0 Å². The third kappa shape index (κ3) is 7.28. The Kier molecular flexibility index (Phi) is 9.86. The maximum Gasteiger partial charge on any atom is -1.00 e. The molecule has 1 aliphatic heterocycles. The van der Waals surface area contributed by atoms with Crippen LogP contribution in [0.2, 0.25) is 0 Å². The van der Waals surface area contributed by atoms with E-state index < -0.39 is 0 Å². The molecule has 1 aliphatic carbocycles. The fourth-order valence-corrected chi connectivity index (χ4v) is 7.74. The van der Waals surface area contributed by atoms with Crippen molar-refractivity contribution in [1.29, 1.82) is 0 Å². The van der Waals surface area contributed by atoms with Crippen molar-refractivity contribution in [3.05, 3.63) is 57.6 Å². The molecule has 2 aliphatic rings. The van der Waals surface area contributed by atoms with Crippen LogP contribution in [-0.2, 0) is 37.1 Å². The second-order valence-electron chi connectivity index (χ2n) is 16.4. The molecule has 0 aromatic heterocycles. The van der Waals surface area contributed by atoms with E-state index in [2.05, 4.69) is 127 Å². The quantitative estimate of drug-likeness (QED) is 0.451. The predicted octanol–water partition coefficient (Wildman–Crippen LogP) is 5.09. The summed E-state index contributed by atoms with van der Waals surface area (Å²) >= 11 is 0.376. The summed E-state index contributed by atoms with van der Waals surface area (Å²) in [5.41, 5.74) is 5.97. The maximum atomic E-state index is 11.5. The molecule has 2 fully saturated rings. The Morgan fingerprint density at radius 2 is 0.929 bits per heavy atom. The molecule has 2 aromatic rings. The minimum absolute atomic E-state index is 0.